The highest BCUT2D eigenvalue weighted by molar-refractivity contribution is 6.31. The van der Waals surface area contributed by atoms with Gasteiger partial charge in [-0.1, -0.05) is 67.1 Å². The molecule has 0 aliphatic rings. The minimum Gasteiger partial charge on any atom is -0.352 e. The second-order valence-electron chi connectivity index (χ2n) is 6.77. The van der Waals surface area contributed by atoms with Gasteiger partial charge in [-0.05, 0) is 37.5 Å². The molecule has 2 amide bonds. The summed E-state index contributed by atoms with van der Waals surface area (Å²) in [5.74, 6) is -0.272. The lowest BCUT2D eigenvalue weighted by atomic mass is 10.1. The van der Waals surface area contributed by atoms with Crippen molar-refractivity contribution in [2.24, 2.45) is 0 Å². The summed E-state index contributed by atoms with van der Waals surface area (Å²) in [6.07, 6.45) is 0.998. The Bertz CT molecular complexity index is 764. The first kappa shape index (κ1) is 21.0. The molecule has 2 aromatic rings. The average Bonchev–Trinajstić information content (AvgIpc) is 2.67. The number of hydrogen-bond donors (Lipinski definition) is 1. The van der Waals surface area contributed by atoms with Crippen LogP contribution in [0.4, 0.5) is 0 Å². The van der Waals surface area contributed by atoms with Crippen molar-refractivity contribution in [3.05, 3.63) is 70.7 Å². The summed E-state index contributed by atoms with van der Waals surface area (Å²) in [5, 5.41) is 3.52. The zero-order valence-electron chi connectivity index (χ0n) is 16.1. The molecule has 0 unspecified atom stereocenters. The zero-order chi connectivity index (χ0) is 19.8. The average molecular weight is 387 g/mol. The van der Waals surface area contributed by atoms with Crippen molar-refractivity contribution in [3.8, 4) is 0 Å². The van der Waals surface area contributed by atoms with Crippen LogP contribution in [0.2, 0.25) is 5.02 Å². The van der Waals surface area contributed by atoms with Gasteiger partial charge < -0.3 is 10.2 Å². The molecule has 0 aliphatic carbocycles. The minimum absolute atomic E-state index is 0.0668. The Kier molecular flexibility index (Phi) is 7.86. The lowest BCUT2D eigenvalue weighted by Gasteiger charge is -2.30. The third-order valence-electron chi connectivity index (χ3n) is 4.66. The van der Waals surface area contributed by atoms with Gasteiger partial charge in [-0.2, -0.15) is 0 Å². The first-order chi connectivity index (χ1) is 12.9. The number of nitrogens with zero attached hydrogens (tertiary/aromatic N) is 1. The first-order valence-electron chi connectivity index (χ1n) is 9.29. The van der Waals surface area contributed by atoms with Gasteiger partial charge in [0.05, 0.1) is 6.42 Å². The number of rotatable bonds is 8. The Balaban J connectivity index is 2.21. The van der Waals surface area contributed by atoms with Crippen LogP contribution in [0.1, 0.15) is 38.3 Å². The van der Waals surface area contributed by atoms with Crippen LogP contribution in [0.5, 0.6) is 0 Å². The van der Waals surface area contributed by atoms with Crippen molar-refractivity contribution >= 4 is 23.4 Å². The van der Waals surface area contributed by atoms with Crippen molar-refractivity contribution in [2.75, 3.05) is 0 Å². The molecule has 1 N–H and O–H groups in total. The van der Waals surface area contributed by atoms with Crippen LogP contribution in [0, 0.1) is 0 Å². The lowest BCUT2D eigenvalue weighted by molar-refractivity contribution is -0.140. The Morgan fingerprint density at radius 1 is 1.04 bits per heavy atom. The SMILES string of the molecule is CC[C@@H](C)NC(=O)[C@@H](C)N(Cc1ccccc1)C(=O)Cc1ccccc1Cl. The standard InChI is InChI=1S/C22H27ClN2O2/c1-4-16(2)24-22(27)17(3)25(15-18-10-6-5-7-11-18)21(26)14-19-12-8-9-13-20(19)23/h5-13,16-17H,4,14-15H2,1-3H3,(H,24,27)/t16-,17-/m1/s1. The van der Waals surface area contributed by atoms with Crippen LogP contribution in [0.25, 0.3) is 0 Å². The van der Waals surface area contributed by atoms with Crippen molar-refractivity contribution < 1.29 is 9.59 Å². The molecule has 0 bridgehead atoms. The predicted molar refractivity (Wildman–Crippen MR) is 110 cm³/mol. The topological polar surface area (TPSA) is 49.4 Å². The lowest BCUT2D eigenvalue weighted by Crippen LogP contribution is -2.49. The second-order valence-corrected chi connectivity index (χ2v) is 7.18. The maximum Gasteiger partial charge on any atom is 0.242 e. The summed E-state index contributed by atoms with van der Waals surface area (Å²) < 4.78 is 0. The van der Waals surface area contributed by atoms with E-state index >= 15 is 0 Å². The summed E-state index contributed by atoms with van der Waals surface area (Å²) in [6, 6.07) is 16.5. The van der Waals surface area contributed by atoms with E-state index in [1.807, 2.05) is 62.4 Å². The van der Waals surface area contributed by atoms with Crippen LogP contribution in [-0.4, -0.2) is 28.8 Å². The molecular weight excluding hydrogens is 360 g/mol. The van der Waals surface area contributed by atoms with Gasteiger partial charge in [-0.3, -0.25) is 9.59 Å². The molecule has 0 aliphatic heterocycles. The molecule has 5 heteroatoms. The van der Waals surface area contributed by atoms with E-state index in [1.54, 1.807) is 17.9 Å². The van der Waals surface area contributed by atoms with Crippen LogP contribution in [-0.2, 0) is 22.6 Å². The fraction of sp³-hybridized carbons (Fsp3) is 0.364. The van der Waals surface area contributed by atoms with Crippen molar-refractivity contribution in [1.29, 1.82) is 0 Å². The number of carbonyl (C=O) groups is 2. The summed E-state index contributed by atoms with van der Waals surface area (Å²) in [6.45, 7) is 6.11. The van der Waals surface area contributed by atoms with Gasteiger partial charge in [0.15, 0.2) is 0 Å². The summed E-state index contributed by atoms with van der Waals surface area (Å²) >= 11 is 6.21. The molecule has 0 heterocycles. The quantitative estimate of drug-likeness (QED) is 0.738. The summed E-state index contributed by atoms with van der Waals surface area (Å²) in [4.78, 5) is 27.3. The Hall–Kier alpha value is -2.33. The summed E-state index contributed by atoms with van der Waals surface area (Å²) in [5.41, 5.74) is 1.74. The number of benzene rings is 2. The maximum atomic E-state index is 13.1. The second kappa shape index (κ2) is 10.1. The molecule has 2 aromatic carbocycles. The van der Waals surface area contributed by atoms with E-state index in [0.29, 0.717) is 11.6 Å². The fourth-order valence-corrected chi connectivity index (χ4v) is 2.94. The van der Waals surface area contributed by atoms with Crippen molar-refractivity contribution in [3.63, 3.8) is 0 Å². The Morgan fingerprint density at radius 3 is 2.30 bits per heavy atom. The zero-order valence-corrected chi connectivity index (χ0v) is 16.9. The van der Waals surface area contributed by atoms with E-state index in [0.717, 1.165) is 17.5 Å². The molecule has 0 radical (unpaired) electrons. The van der Waals surface area contributed by atoms with Gasteiger partial charge in [0.2, 0.25) is 11.8 Å². The van der Waals surface area contributed by atoms with Gasteiger partial charge in [0, 0.05) is 17.6 Å². The number of nitrogens with one attached hydrogen (secondary N) is 1. The van der Waals surface area contributed by atoms with Gasteiger partial charge in [0.1, 0.15) is 6.04 Å². The largest absolute Gasteiger partial charge is 0.352 e. The van der Waals surface area contributed by atoms with E-state index < -0.39 is 6.04 Å². The van der Waals surface area contributed by atoms with E-state index in [9.17, 15) is 9.59 Å². The fourth-order valence-electron chi connectivity index (χ4n) is 2.73. The highest BCUT2D eigenvalue weighted by Crippen LogP contribution is 2.18. The van der Waals surface area contributed by atoms with Crippen LogP contribution in [0.15, 0.2) is 54.6 Å². The molecule has 27 heavy (non-hydrogen) atoms. The van der Waals surface area contributed by atoms with Gasteiger partial charge in [-0.15, -0.1) is 0 Å². The molecule has 0 aromatic heterocycles. The molecule has 4 nitrogen and oxygen atoms in total. The molecule has 0 saturated heterocycles. The number of amides is 2. The van der Waals surface area contributed by atoms with Crippen LogP contribution < -0.4 is 5.32 Å². The third-order valence-corrected chi connectivity index (χ3v) is 5.03. The Labute approximate surface area is 166 Å². The smallest absolute Gasteiger partial charge is 0.242 e. The van der Waals surface area contributed by atoms with Crippen LogP contribution in [0.3, 0.4) is 0 Å². The summed E-state index contributed by atoms with van der Waals surface area (Å²) in [7, 11) is 0. The van der Waals surface area contributed by atoms with E-state index in [2.05, 4.69) is 5.32 Å². The van der Waals surface area contributed by atoms with E-state index in [4.69, 9.17) is 11.6 Å². The number of hydrogen-bond acceptors (Lipinski definition) is 2. The maximum absolute atomic E-state index is 13.1. The highest BCUT2D eigenvalue weighted by atomic mass is 35.5. The molecule has 144 valence electrons. The Morgan fingerprint density at radius 2 is 1.67 bits per heavy atom. The van der Waals surface area contributed by atoms with Crippen molar-refractivity contribution in [2.45, 2.75) is 52.2 Å². The van der Waals surface area contributed by atoms with Gasteiger partial charge in [-0.25, -0.2) is 0 Å². The first-order valence-corrected chi connectivity index (χ1v) is 9.67. The number of halogens is 1. The van der Waals surface area contributed by atoms with Crippen LogP contribution >= 0.6 is 11.6 Å². The highest BCUT2D eigenvalue weighted by Gasteiger charge is 2.27. The predicted octanol–water partition coefficient (Wildman–Crippen LogP) is 4.21. The molecule has 0 spiro atoms. The number of carbonyl (C=O) groups excluding carboxylic acids is 2. The molecular formula is C22H27ClN2O2. The minimum atomic E-state index is -0.575. The van der Waals surface area contributed by atoms with Gasteiger partial charge >= 0.3 is 0 Å². The molecule has 2 rings (SSSR count). The molecule has 0 fully saturated rings. The normalized spacial score (nSPS) is 12.9. The third kappa shape index (κ3) is 6.10. The van der Waals surface area contributed by atoms with Crippen molar-refractivity contribution in [1.82, 2.24) is 10.2 Å². The monoisotopic (exact) mass is 386 g/mol. The van der Waals surface area contributed by atoms with E-state index in [-0.39, 0.29) is 24.3 Å². The molecule has 2 atom stereocenters. The van der Waals surface area contributed by atoms with Gasteiger partial charge in [0.25, 0.3) is 0 Å². The molecule has 0 saturated carbocycles. The van der Waals surface area contributed by atoms with E-state index in [1.165, 1.54) is 0 Å².